The summed E-state index contributed by atoms with van der Waals surface area (Å²) in [6.45, 7) is 3.20. The summed E-state index contributed by atoms with van der Waals surface area (Å²) >= 11 is 0. The number of hydrogen-bond donors (Lipinski definition) is 2. The number of urea groups is 1. The minimum atomic E-state index is -0.160. The Bertz CT molecular complexity index is 741. The second-order valence-corrected chi connectivity index (χ2v) is 6.31. The predicted molar refractivity (Wildman–Crippen MR) is 93.4 cm³/mol. The number of phenols is 1. The minimum Gasteiger partial charge on any atom is -0.508 e. The maximum absolute atomic E-state index is 12.8. The van der Waals surface area contributed by atoms with Crippen LogP contribution in [0.4, 0.5) is 4.79 Å². The Kier molecular flexibility index (Phi) is 5.28. The van der Waals surface area contributed by atoms with Gasteiger partial charge in [-0.3, -0.25) is 0 Å². The second kappa shape index (κ2) is 7.61. The average Bonchev–Trinajstić information content (AvgIpc) is 3.19. The Balaban J connectivity index is 1.69. The van der Waals surface area contributed by atoms with E-state index < -0.39 is 0 Å². The monoisotopic (exact) mass is 344 g/mol. The molecule has 2 aromatic rings. The van der Waals surface area contributed by atoms with Crippen LogP contribution < -0.4 is 5.32 Å². The Morgan fingerprint density at radius 3 is 2.96 bits per heavy atom. The van der Waals surface area contributed by atoms with Crippen LogP contribution in [0.1, 0.15) is 35.1 Å². The number of furan rings is 1. The topological polar surface area (TPSA) is 74.9 Å². The third-order valence-electron chi connectivity index (χ3n) is 4.54. The molecular formula is C19H24N2O4. The molecule has 1 aromatic heterocycles. The molecule has 1 aliphatic rings. The molecule has 1 aliphatic carbocycles. The first kappa shape index (κ1) is 17.4. The SMILES string of the molecule is COCCN(Cc1ccc(C)o1)C(=O)N[C@@H]1CCc2c(O)cccc21. The predicted octanol–water partition coefficient (Wildman–Crippen LogP) is 3.14. The van der Waals surface area contributed by atoms with Gasteiger partial charge in [-0.1, -0.05) is 12.1 Å². The highest BCUT2D eigenvalue weighted by atomic mass is 16.5. The number of hydrogen-bond acceptors (Lipinski definition) is 4. The molecule has 6 nitrogen and oxygen atoms in total. The van der Waals surface area contributed by atoms with Crippen molar-refractivity contribution in [2.75, 3.05) is 20.3 Å². The lowest BCUT2D eigenvalue weighted by molar-refractivity contribution is 0.141. The molecule has 1 atom stereocenters. The summed E-state index contributed by atoms with van der Waals surface area (Å²) < 4.78 is 10.7. The minimum absolute atomic E-state index is 0.0852. The van der Waals surface area contributed by atoms with Gasteiger partial charge in [0.2, 0.25) is 0 Å². The number of carbonyl (C=O) groups excluding carboxylic acids is 1. The zero-order chi connectivity index (χ0) is 17.8. The number of benzene rings is 1. The van der Waals surface area contributed by atoms with Gasteiger partial charge in [0, 0.05) is 13.7 Å². The number of aromatic hydroxyl groups is 1. The van der Waals surface area contributed by atoms with Crippen LogP contribution in [-0.2, 0) is 17.7 Å². The van der Waals surface area contributed by atoms with Crippen LogP contribution in [0.25, 0.3) is 0 Å². The van der Waals surface area contributed by atoms with Crippen LogP contribution in [0, 0.1) is 6.92 Å². The summed E-state index contributed by atoms with van der Waals surface area (Å²) in [4.78, 5) is 14.4. The van der Waals surface area contributed by atoms with Crippen LogP contribution >= 0.6 is 0 Å². The number of amides is 2. The van der Waals surface area contributed by atoms with Gasteiger partial charge in [0.25, 0.3) is 0 Å². The van der Waals surface area contributed by atoms with E-state index in [1.54, 1.807) is 18.1 Å². The number of nitrogens with zero attached hydrogens (tertiary/aromatic N) is 1. The Labute approximate surface area is 147 Å². The molecule has 0 saturated carbocycles. The zero-order valence-electron chi connectivity index (χ0n) is 14.6. The lowest BCUT2D eigenvalue weighted by atomic mass is 10.1. The fraction of sp³-hybridized carbons (Fsp3) is 0.421. The average molecular weight is 344 g/mol. The number of fused-ring (bicyclic) bond motifs is 1. The fourth-order valence-electron chi connectivity index (χ4n) is 3.24. The van der Waals surface area contributed by atoms with Crippen LogP contribution in [-0.4, -0.2) is 36.3 Å². The highest BCUT2D eigenvalue weighted by Gasteiger charge is 2.27. The van der Waals surface area contributed by atoms with E-state index in [9.17, 15) is 9.90 Å². The first-order valence-electron chi connectivity index (χ1n) is 8.49. The van der Waals surface area contributed by atoms with Crippen LogP contribution in [0.5, 0.6) is 5.75 Å². The maximum atomic E-state index is 12.8. The molecule has 0 aliphatic heterocycles. The van der Waals surface area contributed by atoms with Gasteiger partial charge in [-0.2, -0.15) is 0 Å². The molecule has 3 rings (SSSR count). The first-order chi connectivity index (χ1) is 12.1. The van der Waals surface area contributed by atoms with Crippen molar-refractivity contribution < 1.29 is 19.1 Å². The van der Waals surface area contributed by atoms with E-state index in [-0.39, 0.29) is 12.1 Å². The van der Waals surface area contributed by atoms with Crippen molar-refractivity contribution >= 4 is 6.03 Å². The Hall–Kier alpha value is -2.47. The standard InChI is InChI=1S/C19H24N2O4/c1-13-6-7-14(25-13)12-21(10-11-24-2)19(23)20-17-9-8-16-15(17)4-3-5-18(16)22/h3-7,17,22H,8-12H2,1-2H3,(H,20,23)/t17-/m1/s1. The normalized spacial score (nSPS) is 15.8. The number of rotatable bonds is 6. The zero-order valence-corrected chi connectivity index (χ0v) is 14.6. The first-order valence-corrected chi connectivity index (χ1v) is 8.49. The summed E-state index contributed by atoms with van der Waals surface area (Å²) in [5.74, 6) is 1.87. The molecule has 0 saturated heterocycles. The molecule has 1 aromatic carbocycles. The molecule has 25 heavy (non-hydrogen) atoms. The number of phenolic OH excluding ortho intramolecular Hbond substituents is 1. The van der Waals surface area contributed by atoms with Crippen molar-refractivity contribution in [2.45, 2.75) is 32.4 Å². The summed E-state index contributed by atoms with van der Waals surface area (Å²) in [6.07, 6.45) is 1.55. The highest BCUT2D eigenvalue weighted by Crippen LogP contribution is 2.36. The summed E-state index contributed by atoms with van der Waals surface area (Å²) in [7, 11) is 1.61. The largest absolute Gasteiger partial charge is 0.508 e. The number of nitrogens with one attached hydrogen (secondary N) is 1. The second-order valence-electron chi connectivity index (χ2n) is 6.31. The van der Waals surface area contributed by atoms with Gasteiger partial charge in [-0.25, -0.2) is 4.79 Å². The van der Waals surface area contributed by atoms with Gasteiger partial charge in [0.15, 0.2) is 0 Å². The van der Waals surface area contributed by atoms with Crippen LogP contribution in [0.15, 0.2) is 34.7 Å². The molecule has 1 heterocycles. The lowest BCUT2D eigenvalue weighted by Gasteiger charge is -2.24. The van der Waals surface area contributed by atoms with E-state index in [1.807, 2.05) is 31.2 Å². The van der Waals surface area contributed by atoms with E-state index in [4.69, 9.17) is 9.15 Å². The van der Waals surface area contributed by atoms with Crippen molar-refractivity contribution in [1.29, 1.82) is 0 Å². The number of aryl methyl sites for hydroxylation is 1. The molecular weight excluding hydrogens is 320 g/mol. The van der Waals surface area contributed by atoms with Crippen molar-refractivity contribution in [1.82, 2.24) is 10.2 Å². The van der Waals surface area contributed by atoms with Gasteiger partial charge >= 0.3 is 6.03 Å². The number of ether oxygens (including phenoxy) is 1. The van der Waals surface area contributed by atoms with E-state index in [0.29, 0.717) is 25.4 Å². The van der Waals surface area contributed by atoms with Crippen molar-refractivity contribution in [2.24, 2.45) is 0 Å². The van der Waals surface area contributed by atoms with Crippen LogP contribution in [0.3, 0.4) is 0 Å². The highest BCUT2D eigenvalue weighted by molar-refractivity contribution is 5.75. The van der Waals surface area contributed by atoms with Gasteiger partial charge in [-0.05, 0) is 49.1 Å². The summed E-state index contributed by atoms with van der Waals surface area (Å²) in [6, 6.07) is 8.98. The van der Waals surface area contributed by atoms with Crippen molar-refractivity contribution in [3.05, 3.63) is 53.0 Å². The maximum Gasteiger partial charge on any atom is 0.318 e. The molecule has 2 N–H and O–H groups in total. The Morgan fingerprint density at radius 1 is 1.40 bits per heavy atom. The van der Waals surface area contributed by atoms with Crippen molar-refractivity contribution in [3.63, 3.8) is 0 Å². The van der Waals surface area contributed by atoms with E-state index in [1.165, 1.54) is 0 Å². The van der Waals surface area contributed by atoms with E-state index in [2.05, 4.69) is 5.32 Å². The number of methoxy groups -OCH3 is 1. The molecule has 2 amide bonds. The molecule has 0 unspecified atom stereocenters. The van der Waals surface area contributed by atoms with E-state index >= 15 is 0 Å². The molecule has 0 radical (unpaired) electrons. The van der Waals surface area contributed by atoms with Crippen LogP contribution in [0.2, 0.25) is 0 Å². The van der Waals surface area contributed by atoms with Gasteiger partial charge in [0.1, 0.15) is 17.3 Å². The third kappa shape index (κ3) is 3.96. The quantitative estimate of drug-likeness (QED) is 0.844. The molecule has 0 spiro atoms. The smallest absolute Gasteiger partial charge is 0.318 e. The van der Waals surface area contributed by atoms with Gasteiger partial charge < -0.3 is 24.5 Å². The molecule has 6 heteroatoms. The summed E-state index contributed by atoms with van der Waals surface area (Å²) in [5, 5.41) is 13.0. The van der Waals surface area contributed by atoms with E-state index in [0.717, 1.165) is 35.5 Å². The summed E-state index contributed by atoms with van der Waals surface area (Å²) in [5.41, 5.74) is 1.92. The third-order valence-corrected chi connectivity index (χ3v) is 4.54. The number of carbonyl (C=O) groups is 1. The van der Waals surface area contributed by atoms with Gasteiger partial charge in [0.05, 0.1) is 19.2 Å². The Morgan fingerprint density at radius 2 is 2.24 bits per heavy atom. The molecule has 134 valence electrons. The molecule has 0 bridgehead atoms. The van der Waals surface area contributed by atoms with Crippen molar-refractivity contribution in [3.8, 4) is 5.75 Å². The molecule has 0 fully saturated rings. The lowest BCUT2D eigenvalue weighted by Crippen LogP contribution is -2.42. The van der Waals surface area contributed by atoms with Gasteiger partial charge in [-0.15, -0.1) is 0 Å². The fourth-order valence-corrected chi connectivity index (χ4v) is 3.24.